The summed E-state index contributed by atoms with van der Waals surface area (Å²) in [6, 6.07) is 14.6. The van der Waals surface area contributed by atoms with Crippen LogP contribution in [0.25, 0.3) is 45.1 Å². The number of pyridine rings is 1. The summed E-state index contributed by atoms with van der Waals surface area (Å²) in [5, 5.41) is 13.1. The predicted molar refractivity (Wildman–Crippen MR) is 170 cm³/mol. The highest BCUT2D eigenvalue weighted by Gasteiger charge is 2.35. The first-order chi connectivity index (χ1) is 23.4. The van der Waals surface area contributed by atoms with E-state index in [9.17, 15) is 35.9 Å². The summed E-state index contributed by atoms with van der Waals surface area (Å²) in [7, 11) is 1.40. The zero-order valence-electron chi connectivity index (χ0n) is 26.7. The van der Waals surface area contributed by atoms with Gasteiger partial charge >= 0.3 is 12.4 Å². The van der Waals surface area contributed by atoms with Crippen LogP contribution in [0.15, 0.2) is 83.7 Å². The minimum atomic E-state index is -4.75. The zero-order chi connectivity index (χ0) is 36.2. The van der Waals surface area contributed by atoms with Gasteiger partial charge in [-0.05, 0) is 74.9 Å². The fourth-order valence-corrected chi connectivity index (χ4v) is 5.16. The van der Waals surface area contributed by atoms with E-state index >= 15 is 0 Å². The van der Waals surface area contributed by atoms with E-state index in [2.05, 4.69) is 25.8 Å². The standard InChI is InChI=1S/C34H27F6N7O3/c1-32(2,3)44-29(48)20-7-5-6-19(14-20)23-15-24-26(30(49)41-4)27(50-31(24)43-28(23)46-13-12-25(45-46)34(38,39)40)18-8-10-22(11-9-18)47-17-21(16-42-47)33(35,36)37/h5-17H,1-4H3,(H,41,49)(H,44,48). The van der Waals surface area contributed by atoms with E-state index in [-0.39, 0.29) is 39.4 Å². The number of furan rings is 1. The molecule has 0 spiro atoms. The number of hydrogen-bond acceptors (Lipinski definition) is 6. The number of fused-ring (bicyclic) bond motifs is 1. The molecule has 4 heterocycles. The van der Waals surface area contributed by atoms with Gasteiger partial charge in [-0.25, -0.2) is 9.36 Å². The lowest BCUT2D eigenvalue weighted by atomic mass is 9.99. The predicted octanol–water partition coefficient (Wildman–Crippen LogP) is 7.46. The van der Waals surface area contributed by atoms with Crippen molar-refractivity contribution in [3.63, 3.8) is 0 Å². The van der Waals surface area contributed by atoms with Crippen LogP contribution >= 0.6 is 0 Å². The molecule has 0 atom stereocenters. The fraction of sp³-hybridized carbons (Fsp3) is 0.206. The van der Waals surface area contributed by atoms with Gasteiger partial charge in [0, 0.05) is 41.7 Å². The number of nitrogens with one attached hydrogen (secondary N) is 2. The first kappa shape index (κ1) is 34.0. The van der Waals surface area contributed by atoms with Crippen LogP contribution in [0, 0.1) is 0 Å². The van der Waals surface area contributed by atoms with Crippen LogP contribution in [0.2, 0.25) is 0 Å². The molecular formula is C34H27F6N7O3. The van der Waals surface area contributed by atoms with Gasteiger partial charge in [-0.2, -0.15) is 41.5 Å². The van der Waals surface area contributed by atoms with Gasteiger partial charge in [0.05, 0.1) is 28.4 Å². The van der Waals surface area contributed by atoms with Gasteiger partial charge in [-0.1, -0.05) is 12.1 Å². The monoisotopic (exact) mass is 695 g/mol. The second kappa shape index (κ2) is 12.2. The number of nitrogens with zero attached hydrogens (tertiary/aromatic N) is 5. The van der Waals surface area contributed by atoms with Crippen LogP contribution in [0.5, 0.6) is 0 Å². The zero-order valence-corrected chi connectivity index (χ0v) is 26.7. The lowest BCUT2D eigenvalue weighted by Crippen LogP contribution is -2.40. The van der Waals surface area contributed by atoms with Crippen molar-refractivity contribution in [2.45, 2.75) is 38.7 Å². The molecule has 0 aliphatic rings. The van der Waals surface area contributed by atoms with Gasteiger partial charge in [0.15, 0.2) is 11.5 Å². The maximum absolute atomic E-state index is 13.6. The van der Waals surface area contributed by atoms with Gasteiger partial charge in [-0.3, -0.25) is 9.59 Å². The summed E-state index contributed by atoms with van der Waals surface area (Å²) in [4.78, 5) is 30.9. The molecule has 2 N–H and O–H groups in total. The molecule has 16 heteroatoms. The minimum Gasteiger partial charge on any atom is -0.437 e. The molecular weight excluding hydrogens is 668 g/mol. The second-order valence-corrected chi connectivity index (χ2v) is 12.2. The van der Waals surface area contributed by atoms with Crippen molar-refractivity contribution in [3.05, 3.63) is 102 Å². The quantitative estimate of drug-likeness (QED) is 0.175. The Balaban J connectivity index is 1.53. The van der Waals surface area contributed by atoms with Crippen molar-refractivity contribution >= 4 is 22.9 Å². The average Bonchev–Trinajstić information content (AvgIpc) is 3.82. The molecule has 0 bridgehead atoms. The fourth-order valence-electron chi connectivity index (χ4n) is 5.16. The van der Waals surface area contributed by atoms with Crippen molar-refractivity contribution in [2.75, 3.05) is 7.05 Å². The van der Waals surface area contributed by atoms with Gasteiger partial charge in [0.1, 0.15) is 5.76 Å². The number of rotatable bonds is 6. The van der Waals surface area contributed by atoms with E-state index in [4.69, 9.17) is 4.42 Å². The van der Waals surface area contributed by atoms with Gasteiger partial charge in [-0.15, -0.1) is 0 Å². The van der Waals surface area contributed by atoms with Crippen LogP contribution in [0.4, 0.5) is 26.3 Å². The molecule has 258 valence electrons. The van der Waals surface area contributed by atoms with Crippen LogP contribution < -0.4 is 10.6 Å². The van der Waals surface area contributed by atoms with E-state index in [0.29, 0.717) is 23.0 Å². The Kier molecular flexibility index (Phi) is 8.28. The van der Waals surface area contributed by atoms with Crippen LogP contribution in [0.3, 0.4) is 0 Å². The second-order valence-electron chi connectivity index (χ2n) is 12.2. The van der Waals surface area contributed by atoms with Crippen LogP contribution in [0.1, 0.15) is 52.7 Å². The third kappa shape index (κ3) is 6.68. The molecule has 0 aliphatic carbocycles. The molecule has 4 aromatic heterocycles. The van der Waals surface area contributed by atoms with E-state index in [0.717, 1.165) is 27.8 Å². The van der Waals surface area contributed by atoms with Crippen LogP contribution in [-0.4, -0.2) is 48.9 Å². The molecule has 50 heavy (non-hydrogen) atoms. The highest BCUT2D eigenvalue weighted by molar-refractivity contribution is 6.11. The lowest BCUT2D eigenvalue weighted by molar-refractivity contribution is -0.141. The first-order valence-electron chi connectivity index (χ1n) is 14.9. The Bertz CT molecular complexity index is 2240. The third-order valence-corrected chi connectivity index (χ3v) is 7.44. The summed E-state index contributed by atoms with van der Waals surface area (Å²) in [5.74, 6) is -1.02. The summed E-state index contributed by atoms with van der Waals surface area (Å²) >= 11 is 0. The molecule has 2 amide bonds. The Hall–Kier alpha value is -5.93. The van der Waals surface area contributed by atoms with Crippen molar-refractivity contribution in [2.24, 2.45) is 0 Å². The normalized spacial score (nSPS) is 12.4. The number of carbonyl (C=O) groups excluding carboxylic acids is 2. The number of halogens is 6. The summed E-state index contributed by atoms with van der Waals surface area (Å²) in [6.07, 6.45) is -6.72. The maximum atomic E-state index is 13.6. The molecule has 6 aromatic rings. The Labute approximate surface area is 279 Å². The van der Waals surface area contributed by atoms with Gasteiger partial charge < -0.3 is 15.1 Å². The molecule has 10 nitrogen and oxygen atoms in total. The Morgan fingerprint density at radius 2 is 1.56 bits per heavy atom. The highest BCUT2D eigenvalue weighted by Crippen LogP contribution is 2.38. The number of amides is 2. The topological polar surface area (TPSA) is 120 Å². The van der Waals surface area contributed by atoms with Crippen molar-refractivity contribution in [1.82, 2.24) is 35.2 Å². The SMILES string of the molecule is CNC(=O)c1c(-c2ccc(-n3cc(C(F)(F)F)cn3)cc2)oc2nc(-n3ccc(C(F)(F)F)n3)c(-c3cccc(C(=O)NC(C)(C)C)c3)cc12. The number of aromatic nitrogens is 5. The summed E-state index contributed by atoms with van der Waals surface area (Å²) < 4.78 is 88.1. The number of alkyl halides is 6. The van der Waals surface area contributed by atoms with E-state index in [1.165, 1.54) is 37.4 Å². The Morgan fingerprint density at radius 3 is 2.16 bits per heavy atom. The van der Waals surface area contributed by atoms with E-state index in [1.807, 2.05) is 20.8 Å². The van der Waals surface area contributed by atoms with Crippen molar-refractivity contribution in [3.8, 4) is 34.0 Å². The molecule has 0 aliphatic heterocycles. The molecule has 0 unspecified atom stereocenters. The third-order valence-electron chi connectivity index (χ3n) is 7.44. The molecule has 6 rings (SSSR count). The van der Waals surface area contributed by atoms with Crippen molar-refractivity contribution in [1.29, 1.82) is 0 Å². The molecule has 0 saturated carbocycles. The lowest BCUT2D eigenvalue weighted by Gasteiger charge is -2.20. The van der Waals surface area contributed by atoms with Crippen molar-refractivity contribution < 1.29 is 40.3 Å². The molecule has 2 aromatic carbocycles. The first-order valence-corrected chi connectivity index (χ1v) is 14.9. The summed E-state index contributed by atoms with van der Waals surface area (Å²) in [6.45, 7) is 5.43. The van der Waals surface area contributed by atoms with Gasteiger partial charge in [0.2, 0.25) is 5.71 Å². The minimum absolute atomic E-state index is 0.0343. The summed E-state index contributed by atoms with van der Waals surface area (Å²) in [5.41, 5.74) is -1.23. The number of benzene rings is 2. The largest absolute Gasteiger partial charge is 0.437 e. The molecule has 0 fully saturated rings. The van der Waals surface area contributed by atoms with Gasteiger partial charge in [0.25, 0.3) is 11.8 Å². The average molecular weight is 696 g/mol. The molecule has 0 radical (unpaired) electrons. The highest BCUT2D eigenvalue weighted by atomic mass is 19.4. The van der Waals surface area contributed by atoms with E-state index in [1.54, 1.807) is 24.3 Å². The number of carbonyl (C=O) groups is 2. The smallest absolute Gasteiger partial charge is 0.435 e. The maximum Gasteiger partial charge on any atom is 0.435 e. The van der Waals surface area contributed by atoms with E-state index < -0.39 is 41.0 Å². The van der Waals surface area contributed by atoms with Crippen LogP contribution in [-0.2, 0) is 12.4 Å². The number of hydrogen-bond donors (Lipinski definition) is 2. The Morgan fingerprint density at radius 1 is 0.840 bits per heavy atom. The molecule has 0 saturated heterocycles.